The standard InChI is InChI=1S/C14H19N3O2/c1-3-11-10-12(4-2)17-14(16-11)15-9-7-5-6-8-13(18)19/h3-4,10H,1-2,5-9H2,(H,18,19)(H,15,16,17). The molecule has 0 saturated carbocycles. The van der Waals surface area contributed by atoms with Gasteiger partial charge in [0.05, 0.1) is 11.4 Å². The SMILES string of the molecule is C=Cc1cc(C=C)nc(NCCCCCC(=O)O)n1. The Morgan fingerprint density at radius 3 is 2.37 bits per heavy atom. The Labute approximate surface area is 113 Å². The molecule has 5 heteroatoms. The van der Waals surface area contributed by atoms with Crippen LogP contribution in [0.25, 0.3) is 12.2 Å². The van der Waals surface area contributed by atoms with Gasteiger partial charge in [-0.2, -0.15) is 0 Å². The fourth-order valence-electron chi connectivity index (χ4n) is 1.55. The molecule has 1 aromatic rings. The molecule has 0 atom stereocenters. The van der Waals surface area contributed by atoms with Crippen LogP contribution in [0.5, 0.6) is 0 Å². The lowest BCUT2D eigenvalue weighted by Gasteiger charge is -2.06. The summed E-state index contributed by atoms with van der Waals surface area (Å²) in [6.07, 6.45) is 6.00. The van der Waals surface area contributed by atoms with Crippen LogP contribution in [0.2, 0.25) is 0 Å². The van der Waals surface area contributed by atoms with Crippen LogP contribution >= 0.6 is 0 Å². The number of carbonyl (C=O) groups is 1. The van der Waals surface area contributed by atoms with Crippen molar-refractivity contribution in [3.8, 4) is 0 Å². The molecule has 0 aliphatic carbocycles. The second-order valence-corrected chi connectivity index (χ2v) is 4.08. The monoisotopic (exact) mass is 261 g/mol. The molecule has 1 heterocycles. The van der Waals surface area contributed by atoms with Crippen LogP contribution in [0, 0.1) is 0 Å². The molecule has 5 nitrogen and oxygen atoms in total. The van der Waals surface area contributed by atoms with Gasteiger partial charge in [0.15, 0.2) is 0 Å². The second-order valence-electron chi connectivity index (χ2n) is 4.08. The van der Waals surface area contributed by atoms with Crippen molar-refractivity contribution in [3.63, 3.8) is 0 Å². The van der Waals surface area contributed by atoms with E-state index >= 15 is 0 Å². The maximum absolute atomic E-state index is 10.3. The Morgan fingerprint density at radius 2 is 1.84 bits per heavy atom. The van der Waals surface area contributed by atoms with E-state index in [4.69, 9.17) is 5.11 Å². The fraction of sp³-hybridized carbons (Fsp3) is 0.357. The topological polar surface area (TPSA) is 75.1 Å². The summed E-state index contributed by atoms with van der Waals surface area (Å²) in [5.74, 6) is -0.198. The van der Waals surface area contributed by atoms with Crippen LogP contribution in [-0.4, -0.2) is 27.6 Å². The van der Waals surface area contributed by atoms with Crippen molar-refractivity contribution in [1.82, 2.24) is 9.97 Å². The van der Waals surface area contributed by atoms with E-state index in [1.807, 2.05) is 0 Å². The molecule has 2 N–H and O–H groups in total. The van der Waals surface area contributed by atoms with E-state index in [1.54, 1.807) is 18.2 Å². The van der Waals surface area contributed by atoms with Crippen molar-refractivity contribution < 1.29 is 9.90 Å². The number of carboxylic acids is 1. The Bertz CT molecular complexity index is 432. The molecule has 0 aromatic carbocycles. The molecule has 0 unspecified atom stereocenters. The summed E-state index contributed by atoms with van der Waals surface area (Å²) < 4.78 is 0. The van der Waals surface area contributed by atoms with Gasteiger partial charge >= 0.3 is 5.97 Å². The predicted molar refractivity (Wildman–Crippen MR) is 76.8 cm³/mol. The number of unbranched alkanes of at least 4 members (excludes halogenated alkanes) is 2. The molecule has 102 valence electrons. The highest BCUT2D eigenvalue weighted by molar-refractivity contribution is 5.66. The Hall–Kier alpha value is -2.17. The number of rotatable bonds is 9. The lowest BCUT2D eigenvalue weighted by atomic mass is 10.2. The zero-order chi connectivity index (χ0) is 14.1. The lowest BCUT2D eigenvalue weighted by molar-refractivity contribution is -0.137. The van der Waals surface area contributed by atoms with Gasteiger partial charge in [-0.15, -0.1) is 0 Å². The molecule has 0 saturated heterocycles. The Balaban J connectivity index is 2.38. The first kappa shape index (κ1) is 14.9. The molecule has 0 fully saturated rings. The number of nitrogens with zero attached hydrogens (tertiary/aromatic N) is 2. The average molecular weight is 261 g/mol. The highest BCUT2D eigenvalue weighted by Crippen LogP contribution is 2.08. The van der Waals surface area contributed by atoms with Crippen LogP contribution in [0.4, 0.5) is 5.95 Å². The van der Waals surface area contributed by atoms with Crippen LogP contribution in [0.3, 0.4) is 0 Å². The highest BCUT2D eigenvalue weighted by Gasteiger charge is 2.01. The van der Waals surface area contributed by atoms with Gasteiger partial charge in [-0.25, -0.2) is 9.97 Å². The van der Waals surface area contributed by atoms with Crippen molar-refractivity contribution >= 4 is 24.1 Å². The van der Waals surface area contributed by atoms with E-state index in [-0.39, 0.29) is 6.42 Å². The first-order chi connectivity index (χ1) is 9.15. The zero-order valence-electron chi connectivity index (χ0n) is 10.9. The molecule has 19 heavy (non-hydrogen) atoms. The number of hydrogen-bond acceptors (Lipinski definition) is 4. The van der Waals surface area contributed by atoms with E-state index < -0.39 is 5.97 Å². The molecule has 0 amide bonds. The number of carboxylic acid groups (broad SMARTS) is 1. The quantitative estimate of drug-likeness (QED) is 0.668. The smallest absolute Gasteiger partial charge is 0.303 e. The molecule has 0 aliphatic rings. The van der Waals surface area contributed by atoms with Gasteiger partial charge in [-0.3, -0.25) is 4.79 Å². The van der Waals surface area contributed by atoms with Crippen LogP contribution < -0.4 is 5.32 Å². The molecule has 0 radical (unpaired) electrons. The number of hydrogen-bond donors (Lipinski definition) is 2. The molecule has 0 aliphatic heterocycles. The number of aromatic nitrogens is 2. The zero-order valence-corrected chi connectivity index (χ0v) is 10.9. The molecule has 0 spiro atoms. The van der Waals surface area contributed by atoms with Crippen molar-refractivity contribution in [2.45, 2.75) is 25.7 Å². The summed E-state index contributed by atoms with van der Waals surface area (Å²) in [5.41, 5.74) is 1.50. The third-order valence-corrected chi connectivity index (χ3v) is 2.53. The fourth-order valence-corrected chi connectivity index (χ4v) is 1.55. The van der Waals surface area contributed by atoms with Crippen molar-refractivity contribution in [2.24, 2.45) is 0 Å². The Morgan fingerprint density at radius 1 is 1.21 bits per heavy atom. The summed E-state index contributed by atoms with van der Waals surface area (Å²) in [7, 11) is 0. The van der Waals surface area contributed by atoms with Gasteiger partial charge < -0.3 is 10.4 Å². The first-order valence-electron chi connectivity index (χ1n) is 6.25. The number of anilines is 1. The summed E-state index contributed by atoms with van der Waals surface area (Å²) in [4.78, 5) is 18.9. The molecular formula is C14H19N3O2. The van der Waals surface area contributed by atoms with Crippen molar-refractivity contribution in [1.29, 1.82) is 0 Å². The van der Waals surface area contributed by atoms with Crippen molar-refractivity contribution in [3.05, 3.63) is 30.6 Å². The summed E-state index contributed by atoms with van der Waals surface area (Å²) >= 11 is 0. The predicted octanol–water partition coefficient (Wildman–Crippen LogP) is 2.82. The van der Waals surface area contributed by atoms with E-state index in [2.05, 4.69) is 28.4 Å². The van der Waals surface area contributed by atoms with Gasteiger partial charge in [-0.1, -0.05) is 19.6 Å². The minimum Gasteiger partial charge on any atom is -0.481 e. The van der Waals surface area contributed by atoms with Crippen LogP contribution in [-0.2, 0) is 4.79 Å². The maximum Gasteiger partial charge on any atom is 0.303 e. The van der Waals surface area contributed by atoms with E-state index in [0.29, 0.717) is 12.4 Å². The summed E-state index contributed by atoms with van der Waals surface area (Å²) in [6.45, 7) is 8.07. The van der Waals surface area contributed by atoms with Crippen LogP contribution in [0.15, 0.2) is 19.2 Å². The maximum atomic E-state index is 10.3. The molecule has 1 rings (SSSR count). The van der Waals surface area contributed by atoms with Gasteiger partial charge in [0.25, 0.3) is 0 Å². The molecule has 1 aromatic heterocycles. The number of nitrogens with one attached hydrogen (secondary N) is 1. The number of aliphatic carboxylic acids is 1. The van der Waals surface area contributed by atoms with E-state index in [1.165, 1.54) is 0 Å². The summed E-state index contributed by atoms with van der Waals surface area (Å²) in [6, 6.07) is 1.80. The molecule has 0 bridgehead atoms. The van der Waals surface area contributed by atoms with Gasteiger partial charge in [0.2, 0.25) is 5.95 Å². The van der Waals surface area contributed by atoms with Crippen molar-refractivity contribution in [2.75, 3.05) is 11.9 Å². The largest absolute Gasteiger partial charge is 0.481 e. The summed E-state index contributed by atoms with van der Waals surface area (Å²) in [5, 5.41) is 11.6. The highest BCUT2D eigenvalue weighted by atomic mass is 16.4. The second kappa shape index (κ2) is 8.02. The third kappa shape index (κ3) is 5.81. The molecular weight excluding hydrogens is 242 g/mol. The lowest BCUT2D eigenvalue weighted by Crippen LogP contribution is -2.07. The third-order valence-electron chi connectivity index (χ3n) is 2.53. The van der Waals surface area contributed by atoms with Crippen LogP contribution in [0.1, 0.15) is 37.1 Å². The van der Waals surface area contributed by atoms with Gasteiger partial charge in [0, 0.05) is 13.0 Å². The normalized spacial score (nSPS) is 9.89. The average Bonchev–Trinajstić information content (AvgIpc) is 2.41. The van der Waals surface area contributed by atoms with E-state index in [0.717, 1.165) is 30.8 Å². The van der Waals surface area contributed by atoms with E-state index in [9.17, 15) is 4.79 Å². The Kier molecular flexibility index (Phi) is 6.29. The van der Waals surface area contributed by atoms with Gasteiger partial charge in [0.1, 0.15) is 0 Å². The first-order valence-corrected chi connectivity index (χ1v) is 6.25. The van der Waals surface area contributed by atoms with Gasteiger partial charge in [-0.05, 0) is 31.1 Å². The minimum atomic E-state index is -0.745. The minimum absolute atomic E-state index is 0.225.